The fourth-order valence-corrected chi connectivity index (χ4v) is 2.71. The molecule has 0 spiro atoms. The molecule has 0 atom stereocenters. The monoisotopic (exact) mass is 274 g/mol. The van der Waals surface area contributed by atoms with E-state index >= 15 is 0 Å². The lowest BCUT2D eigenvalue weighted by Gasteiger charge is -2.31. The number of ether oxygens (including phenoxy) is 2. The van der Waals surface area contributed by atoms with Crippen molar-refractivity contribution >= 4 is 15.6 Å². The van der Waals surface area contributed by atoms with Crippen LogP contribution in [-0.2, 0) is 14.3 Å². The van der Waals surface area contributed by atoms with Gasteiger partial charge in [-0.15, -0.1) is 0 Å². The third kappa shape index (κ3) is 6.66. The van der Waals surface area contributed by atoms with Gasteiger partial charge >= 0.3 is 0 Å². The summed E-state index contributed by atoms with van der Waals surface area (Å²) in [5, 5.41) is 0.125. The predicted octanol–water partition coefficient (Wildman–Crippen LogP) is 2.40. The summed E-state index contributed by atoms with van der Waals surface area (Å²) in [6, 6.07) is 0. The molecule has 0 rings (SSSR count). The molecule has 18 heavy (non-hydrogen) atoms. The summed E-state index contributed by atoms with van der Waals surface area (Å²) in [6.07, 6.45) is 8.00. The second-order valence-electron chi connectivity index (χ2n) is 4.69. The molecule has 0 amide bonds. The normalized spacial score (nSPS) is 11.9. The Morgan fingerprint density at radius 3 is 1.89 bits per heavy atom. The lowest BCUT2D eigenvalue weighted by Crippen LogP contribution is -2.45. The quantitative estimate of drug-likeness (QED) is 0.311. The van der Waals surface area contributed by atoms with Gasteiger partial charge in [-0.1, -0.05) is 39.0 Å². The van der Waals surface area contributed by atoms with Crippen LogP contribution in [0, 0.1) is 0 Å². The van der Waals surface area contributed by atoms with E-state index in [0.29, 0.717) is 29.9 Å². The number of unbranched alkanes of at least 4 members (excludes halogenated alkanes) is 5. The van der Waals surface area contributed by atoms with Crippen molar-refractivity contribution in [1.29, 1.82) is 0 Å². The minimum Gasteiger partial charge on any atom is -0.344 e. The molecule has 0 N–H and O–H groups in total. The molecule has 0 unspecified atom stereocenters. The summed E-state index contributed by atoms with van der Waals surface area (Å²) in [6.45, 7) is 7.11. The zero-order chi connectivity index (χ0) is 13.9. The zero-order valence-electron chi connectivity index (χ0n) is 12.6. The fraction of sp³-hybridized carbons (Fsp3) is 0.929. The highest BCUT2D eigenvalue weighted by atomic mass is 28.1. The highest BCUT2D eigenvalue weighted by molar-refractivity contribution is 6.59. The highest BCUT2D eigenvalue weighted by Crippen LogP contribution is 2.22. The molecule has 0 fully saturated rings. The molecule has 3 nitrogen and oxygen atoms in total. The molecular formula is C14H30O3Si. The van der Waals surface area contributed by atoms with Gasteiger partial charge in [0.1, 0.15) is 0 Å². The van der Waals surface area contributed by atoms with Crippen molar-refractivity contribution in [3.8, 4) is 0 Å². The van der Waals surface area contributed by atoms with Crippen LogP contribution in [0.2, 0.25) is 0 Å². The molecule has 108 valence electrons. The first-order chi connectivity index (χ1) is 8.63. The minimum atomic E-state index is -0.930. The van der Waals surface area contributed by atoms with E-state index in [0.717, 1.165) is 12.8 Å². The first kappa shape index (κ1) is 17.8. The maximum Gasteiger partial charge on any atom is 0.222 e. The van der Waals surface area contributed by atoms with Crippen LogP contribution in [0.15, 0.2) is 0 Å². The van der Waals surface area contributed by atoms with E-state index in [1.165, 1.54) is 25.7 Å². The SMILES string of the molecule is CCCCCCCCC(OCC)(OCC)C(=O)[SiH3]. The van der Waals surface area contributed by atoms with Crippen molar-refractivity contribution in [2.45, 2.75) is 71.5 Å². The predicted molar refractivity (Wildman–Crippen MR) is 78.9 cm³/mol. The van der Waals surface area contributed by atoms with Gasteiger partial charge in [0.05, 0.1) is 10.2 Å². The molecule has 0 aliphatic carbocycles. The molecule has 0 aromatic carbocycles. The van der Waals surface area contributed by atoms with Gasteiger partial charge in [0.2, 0.25) is 5.79 Å². The van der Waals surface area contributed by atoms with Crippen LogP contribution in [0.25, 0.3) is 0 Å². The van der Waals surface area contributed by atoms with Crippen molar-refractivity contribution in [2.24, 2.45) is 0 Å². The topological polar surface area (TPSA) is 35.5 Å². The molecule has 0 aliphatic heterocycles. The molecule has 0 saturated carbocycles. The average Bonchev–Trinajstić information content (AvgIpc) is 2.33. The van der Waals surface area contributed by atoms with Crippen LogP contribution in [0.5, 0.6) is 0 Å². The number of hydrogen-bond acceptors (Lipinski definition) is 3. The molecule has 0 bridgehead atoms. The first-order valence-electron chi connectivity index (χ1n) is 7.41. The van der Waals surface area contributed by atoms with Crippen LogP contribution in [0.3, 0.4) is 0 Å². The molecule has 0 aliphatic rings. The Kier molecular flexibility index (Phi) is 10.6. The van der Waals surface area contributed by atoms with Gasteiger partial charge < -0.3 is 14.3 Å². The van der Waals surface area contributed by atoms with Crippen molar-refractivity contribution in [1.82, 2.24) is 0 Å². The second-order valence-corrected chi connectivity index (χ2v) is 5.60. The third-order valence-electron chi connectivity index (χ3n) is 3.15. The van der Waals surface area contributed by atoms with Crippen LogP contribution >= 0.6 is 0 Å². The molecule has 0 radical (unpaired) electrons. The van der Waals surface area contributed by atoms with E-state index in [9.17, 15) is 4.79 Å². The molecule has 0 saturated heterocycles. The fourth-order valence-electron chi connectivity index (χ4n) is 2.17. The number of hydrogen-bond donors (Lipinski definition) is 0. The maximum atomic E-state index is 11.8. The van der Waals surface area contributed by atoms with E-state index in [-0.39, 0.29) is 5.41 Å². The summed E-state index contributed by atoms with van der Waals surface area (Å²) in [4.78, 5) is 11.8. The van der Waals surface area contributed by atoms with E-state index < -0.39 is 5.79 Å². The Morgan fingerprint density at radius 1 is 0.944 bits per heavy atom. The van der Waals surface area contributed by atoms with Crippen LogP contribution < -0.4 is 0 Å². The van der Waals surface area contributed by atoms with E-state index in [2.05, 4.69) is 6.92 Å². The summed E-state index contributed by atoms with van der Waals surface area (Å²) in [7, 11) is 0.486. The molecule has 0 heterocycles. The largest absolute Gasteiger partial charge is 0.344 e. The molecular weight excluding hydrogens is 244 g/mol. The number of rotatable bonds is 12. The van der Waals surface area contributed by atoms with Crippen molar-refractivity contribution < 1.29 is 14.3 Å². The molecule has 0 aromatic rings. The Hall–Kier alpha value is -0.193. The Labute approximate surface area is 115 Å². The maximum absolute atomic E-state index is 11.8. The summed E-state index contributed by atoms with van der Waals surface area (Å²) >= 11 is 0. The minimum absolute atomic E-state index is 0.125. The Morgan fingerprint density at radius 2 is 1.44 bits per heavy atom. The van der Waals surface area contributed by atoms with Crippen molar-refractivity contribution in [3.05, 3.63) is 0 Å². The lowest BCUT2D eigenvalue weighted by atomic mass is 10.1. The van der Waals surface area contributed by atoms with E-state index in [1.54, 1.807) is 0 Å². The third-order valence-corrected chi connectivity index (χ3v) is 3.91. The van der Waals surface area contributed by atoms with Gasteiger partial charge in [0.25, 0.3) is 0 Å². The van der Waals surface area contributed by atoms with Crippen LogP contribution in [0.4, 0.5) is 0 Å². The van der Waals surface area contributed by atoms with Gasteiger partial charge in [0, 0.05) is 19.6 Å². The van der Waals surface area contributed by atoms with E-state index in [1.807, 2.05) is 13.8 Å². The van der Waals surface area contributed by atoms with Gasteiger partial charge in [0.15, 0.2) is 5.41 Å². The van der Waals surface area contributed by atoms with E-state index in [4.69, 9.17) is 9.47 Å². The first-order valence-corrected chi connectivity index (χ1v) is 8.41. The number of carbonyl (C=O) groups excluding carboxylic acids is 1. The summed E-state index contributed by atoms with van der Waals surface area (Å²) in [5.74, 6) is -0.930. The van der Waals surface area contributed by atoms with Gasteiger partial charge in [-0.25, -0.2) is 0 Å². The smallest absolute Gasteiger partial charge is 0.222 e. The standard InChI is InChI=1S/C14H30O3Si/c1-4-7-8-9-10-11-12-14(13(15)18,16-5-2)17-6-3/h4-12H2,1-3,18H3. The summed E-state index contributed by atoms with van der Waals surface area (Å²) in [5.41, 5.74) is 0. The average molecular weight is 274 g/mol. The van der Waals surface area contributed by atoms with Crippen molar-refractivity contribution in [3.63, 3.8) is 0 Å². The number of carbonyl (C=O) groups is 1. The van der Waals surface area contributed by atoms with Crippen LogP contribution in [-0.4, -0.2) is 34.6 Å². The zero-order valence-corrected chi connectivity index (χ0v) is 14.6. The van der Waals surface area contributed by atoms with Gasteiger partial charge in [-0.3, -0.25) is 0 Å². The Bertz CT molecular complexity index is 213. The Balaban J connectivity index is 4.10. The van der Waals surface area contributed by atoms with Gasteiger partial charge in [-0.2, -0.15) is 0 Å². The van der Waals surface area contributed by atoms with Crippen molar-refractivity contribution in [2.75, 3.05) is 13.2 Å². The highest BCUT2D eigenvalue weighted by Gasteiger charge is 2.35. The van der Waals surface area contributed by atoms with Crippen LogP contribution in [0.1, 0.15) is 65.7 Å². The summed E-state index contributed by atoms with van der Waals surface area (Å²) < 4.78 is 11.2. The lowest BCUT2D eigenvalue weighted by molar-refractivity contribution is -0.222. The second kappa shape index (κ2) is 10.7. The van der Waals surface area contributed by atoms with Gasteiger partial charge in [-0.05, 0) is 20.3 Å². The molecule has 0 aromatic heterocycles. The molecule has 4 heteroatoms.